The quantitative estimate of drug-likeness (QED) is 0.289. The van der Waals surface area contributed by atoms with Gasteiger partial charge in [0.15, 0.2) is 5.96 Å². The van der Waals surface area contributed by atoms with Crippen LogP contribution in [0.2, 0.25) is 0 Å². The van der Waals surface area contributed by atoms with Gasteiger partial charge >= 0.3 is 0 Å². The second-order valence-electron chi connectivity index (χ2n) is 6.51. The third kappa shape index (κ3) is 6.46. The monoisotopic (exact) mass is 494 g/mol. The molecule has 0 aliphatic rings. The van der Waals surface area contributed by atoms with Crippen LogP contribution in [0.3, 0.4) is 0 Å². The number of guanidine groups is 1. The molecule has 0 saturated carbocycles. The molecule has 2 N–H and O–H groups in total. The summed E-state index contributed by atoms with van der Waals surface area (Å²) in [6.07, 6.45) is 3.87. The number of hydrogen-bond acceptors (Lipinski definition) is 3. The zero-order chi connectivity index (χ0) is 18.2. The number of nitrogens with one attached hydrogen (secondary N) is 2. The molecular weight excluding hydrogens is 467 g/mol. The fourth-order valence-corrected chi connectivity index (χ4v) is 3.89. The van der Waals surface area contributed by atoms with Crippen molar-refractivity contribution in [1.82, 2.24) is 15.6 Å². The molecule has 1 atom stereocenters. The van der Waals surface area contributed by atoms with Crippen molar-refractivity contribution in [3.63, 3.8) is 0 Å². The van der Waals surface area contributed by atoms with E-state index < -0.39 is 0 Å². The predicted molar refractivity (Wildman–Crippen MR) is 127 cm³/mol. The standard InChI is InChI=1S/C21H26N4S.HI/c1-16(14-19-9-5-13-26-19)15-25-21(22-2)24-12-10-18-7-3-6-17-8-4-11-23-20(17)18;/h3-9,11,13,16H,10,12,14-15H2,1-2H3,(H2,22,24,25);1H. The SMILES string of the molecule is CN=C(NCCc1cccc2cccnc12)NCC(C)Cc1cccs1.I. The lowest BCUT2D eigenvalue weighted by molar-refractivity contribution is 0.562. The van der Waals surface area contributed by atoms with Crippen LogP contribution in [-0.4, -0.2) is 31.1 Å². The molecule has 4 nitrogen and oxygen atoms in total. The lowest BCUT2D eigenvalue weighted by atomic mass is 10.1. The number of aromatic nitrogens is 1. The van der Waals surface area contributed by atoms with Gasteiger partial charge in [0.25, 0.3) is 0 Å². The van der Waals surface area contributed by atoms with E-state index >= 15 is 0 Å². The molecule has 144 valence electrons. The van der Waals surface area contributed by atoms with Crippen LogP contribution in [0, 0.1) is 5.92 Å². The van der Waals surface area contributed by atoms with Crippen LogP contribution < -0.4 is 10.6 Å². The van der Waals surface area contributed by atoms with Gasteiger partial charge in [-0.1, -0.05) is 37.3 Å². The molecular formula is C21H27IN4S. The predicted octanol–water partition coefficient (Wildman–Crippen LogP) is 4.50. The highest BCUT2D eigenvalue weighted by atomic mass is 127. The highest BCUT2D eigenvalue weighted by Gasteiger charge is 2.07. The summed E-state index contributed by atoms with van der Waals surface area (Å²) in [7, 11) is 1.82. The van der Waals surface area contributed by atoms with Crippen molar-refractivity contribution in [2.24, 2.45) is 10.9 Å². The van der Waals surface area contributed by atoms with Gasteiger partial charge in [0.1, 0.15) is 0 Å². The van der Waals surface area contributed by atoms with E-state index in [1.165, 1.54) is 15.8 Å². The van der Waals surface area contributed by atoms with Gasteiger partial charge in [-0.05, 0) is 41.8 Å². The van der Waals surface area contributed by atoms with E-state index in [0.717, 1.165) is 37.4 Å². The largest absolute Gasteiger partial charge is 0.356 e. The van der Waals surface area contributed by atoms with Crippen molar-refractivity contribution < 1.29 is 0 Å². The number of halogens is 1. The third-order valence-corrected chi connectivity index (χ3v) is 5.27. The lowest BCUT2D eigenvalue weighted by Crippen LogP contribution is -2.40. The maximum Gasteiger partial charge on any atom is 0.190 e. The molecule has 3 aromatic rings. The summed E-state index contributed by atoms with van der Waals surface area (Å²) in [6.45, 7) is 4.00. The number of para-hydroxylation sites is 1. The van der Waals surface area contributed by atoms with E-state index in [-0.39, 0.29) is 24.0 Å². The Bertz CT molecular complexity index is 843. The first-order chi connectivity index (χ1) is 12.8. The zero-order valence-corrected chi connectivity index (χ0v) is 19.0. The summed E-state index contributed by atoms with van der Waals surface area (Å²) in [5.41, 5.74) is 2.35. The Labute approximate surface area is 182 Å². The van der Waals surface area contributed by atoms with Gasteiger partial charge in [0, 0.05) is 36.6 Å². The summed E-state index contributed by atoms with van der Waals surface area (Å²) < 4.78 is 0. The Hall–Kier alpha value is -1.67. The van der Waals surface area contributed by atoms with E-state index in [4.69, 9.17) is 0 Å². The molecule has 1 unspecified atom stereocenters. The molecule has 0 aliphatic heterocycles. The van der Waals surface area contributed by atoms with Crippen LogP contribution >= 0.6 is 35.3 Å². The smallest absolute Gasteiger partial charge is 0.190 e. The molecule has 0 aliphatic carbocycles. The summed E-state index contributed by atoms with van der Waals surface area (Å²) in [5, 5.41) is 10.2. The van der Waals surface area contributed by atoms with Crippen LogP contribution in [0.25, 0.3) is 10.9 Å². The minimum absolute atomic E-state index is 0. The third-order valence-electron chi connectivity index (χ3n) is 4.37. The molecule has 0 saturated heterocycles. The van der Waals surface area contributed by atoms with Gasteiger partial charge in [-0.3, -0.25) is 9.98 Å². The van der Waals surface area contributed by atoms with Crippen LogP contribution in [0.1, 0.15) is 17.4 Å². The van der Waals surface area contributed by atoms with E-state index in [1.807, 2.05) is 30.6 Å². The van der Waals surface area contributed by atoms with E-state index in [0.29, 0.717) is 5.92 Å². The zero-order valence-electron chi connectivity index (χ0n) is 15.8. The first-order valence-corrected chi connectivity index (χ1v) is 9.93. The van der Waals surface area contributed by atoms with Gasteiger partial charge in [-0.25, -0.2) is 0 Å². The van der Waals surface area contributed by atoms with Crippen molar-refractivity contribution >= 4 is 52.2 Å². The molecule has 0 amide bonds. The van der Waals surface area contributed by atoms with E-state index in [2.05, 4.69) is 69.3 Å². The maximum absolute atomic E-state index is 4.52. The molecule has 27 heavy (non-hydrogen) atoms. The Balaban J connectivity index is 0.00000261. The van der Waals surface area contributed by atoms with Crippen molar-refractivity contribution in [2.75, 3.05) is 20.1 Å². The molecule has 0 bridgehead atoms. The van der Waals surface area contributed by atoms with Crippen LogP contribution in [0.5, 0.6) is 0 Å². The number of thiophene rings is 1. The number of hydrogen-bond donors (Lipinski definition) is 2. The molecule has 2 aromatic heterocycles. The Morgan fingerprint density at radius 3 is 2.78 bits per heavy atom. The number of pyridine rings is 1. The summed E-state index contributed by atoms with van der Waals surface area (Å²) in [6, 6.07) is 14.8. The number of benzene rings is 1. The average Bonchev–Trinajstić information content (AvgIpc) is 3.17. The van der Waals surface area contributed by atoms with Gasteiger partial charge in [-0.2, -0.15) is 0 Å². The molecule has 3 rings (SSSR count). The van der Waals surface area contributed by atoms with Crippen molar-refractivity contribution in [2.45, 2.75) is 19.8 Å². The average molecular weight is 494 g/mol. The molecule has 2 heterocycles. The second kappa shape index (κ2) is 11.2. The maximum atomic E-state index is 4.52. The second-order valence-corrected chi connectivity index (χ2v) is 7.54. The lowest BCUT2D eigenvalue weighted by Gasteiger charge is -2.16. The van der Waals surface area contributed by atoms with Crippen molar-refractivity contribution in [3.05, 3.63) is 64.5 Å². The first-order valence-electron chi connectivity index (χ1n) is 9.06. The molecule has 1 aromatic carbocycles. The first kappa shape index (κ1) is 21.6. The van der Waals surface area contributed by atoms with Gasteiger partial charge in [0.2, 0.25) is 0 Å². The van der Waals surface area contributed by atoms with Crippen molar-refractivity contribution in [1.29, 1.82) is 0 Å². The number of nitrogens with zero attached hydrogens (tertiary/aromatic N) is 2. The van der Waals surface area contributed by atoms with Crippen molar-refractivity contribution in [3.8, 4) is 0 Å². The summed E-state index contributed by atoms with van der Waals surface area (Å²) in [5.74, 6) is 1.42. The van der Waals surface area contributed by atoms with Gasteiger partial charge < -0.3 is 10.6 Å². The normalized spacial score (nSPS) is 12.4. The Morgan fingerprint density at radius 1 is 1.15 bits per heavy atom. The number of aliphatic imine (C=N–C) groups is 1. The number of fused-ring (bicyclic) bond motifs is 1. The summed E-state index contributed by atoms with van der Waals surface area (Å²) >= 11 is 1.82. The van der Waals surface area contributed by atoms with Crippen LogP contribution in [0.4, 0.5) is 0 Å². The van der Waals surface area contributed by atoms with E-state index in [1.54, 1.807) is 0 Å². The minimum Gasteiger partial charge on any atom is -0.356 e. The molecule has 0 radical (unpaired) electrons. The topological polar surface area (TPSA) is 49.3 Å². The Morgan fingerprint density at radius 2 is 2.00 bits per heavy atom. The molecule has 0 fully saturated rings. The molecule has 6 heteroatoms. The van der Waals surface area contributed by atoms with Gasteiger partial charge in [0.05, 0.1) is 5.52 Å². The highest BCUT2D eigenvalue weighted by Crippen LogP contribution is 2.16. The number of rotatable bonds is 7. The van der Waals surface area contributed by atoms with Crippen LogP contribution in [-0.2, 0) is 12.8 Å². The van der Waals surface area contributed by atoms with Gasteiger partial charge in [-0.15, -0.1) is 35.3 Å². The van der Waals surface area contributed by atoms with E-state index in [9.17, 15) is 0 Å². The fraction of sp³-hybridized carbons (Fsp3) is 0.333. The minimum atomic E-state index is 0. The fourth-order valence-electron chi connectivity index (χ4n) is 3.02. The Kier molecular flexibility index (Phi) is 9.00. The van der Waals surface area contributed by atoms with Crippen LogP contribution in [0.15, 0.2) is 59.0 Å². The molecule has 0 spiro atoms. The summed E-state index contributed by atoms with van der Waals surface area (Å²) in [4.78, 5) is 10.3. The highest BCUT2D eigenvalue weighted by molar-refractivity contribution is 14.0.